The average Bonchev–Trinajstić information content (AvgIpc) is 2.65. The number of hydrogen-bond acceptors (Lipinski definition) is 6. The number of ether oxygens (including phenoxy) is 4. The van der Waals surface area contributed by atoms with Crippen molar-refractivity contribution in [2.75, 3.05) is 28.4 Å². The molecule has 0 spiro atoms. The highest BCUT2D eigenvalue weighted by atomic mass is 32.2. The Kier molecular flexibility index (Phi) is 6.52. The Labute approximate surface area is 153 Å². The average molecular weight is 378 g/mol. The molecule has 0 aromatic heterocycles. The van der Waals surface area contributed by atoms with Crippen molar-refractivity contribution in [3.05, 3.63) is 52.9 Å². The molecule has 2 aromatic carbocycles. The molecule has 0 radical (unpaired) electrons. The molecule has 0 fully saturated rings. The zero-order valence-electron chi connectivity index (χ0n) is 15.2. The summed E-state index contributed by atoms with van der Waals surface area (Å²) in [6, 6.07) is 10.2. The maximum absolute atomic E-state index is 12.4. The fourth-order valence-electron chi connectivity index (χ4n) is 2.36. The Balaban J connectivity index is 2.26. The maximum Gasteiger partial charge on any atom is 0.175 e. The topological polar surface area (TPSA) is 71.1 Å². The highest BCUT2D eigenvalue weighted by Gasteiger charge is 2.12. The van der Waals surface area contributed by atoms with Crippen molar-refractivity contribution in [1.82, 2.24) is 0 Å². The van der Waals surface area contributed by atoms with E-state index in [1.165, 1.54) is 32.8 Å². The van der Waals surface area contributed by atoms with E-state index in [-0.39, 0.29) is 5.75 Å². The SMILES string of the molecule is COc1ccc(CS(=O)(=O)/C=C/c2cc(OC)c(OC)cc2OC)cc1. The minimum Gasteiger partial charge on any atom is -0.497 e. The van der Waals surface area contributed by atoms with Gasteiger partial charge in [0.2, 0.25) is 0 Å². The van der Waals surface area contributed by atoms with Gasteiger partial charge in [-0.2, -0.15) is 0 Å². The fraction of sp³-hybridized carbons (Fsp3) is 0.263. The molecule has 2 rings (SSSR count). The first-order valence-corrected chi connectivity index (χ1v) is 9.47. The van der Waals surface area contributed by atoms with Crippen LogP contribution in [-0.2, 0) is 15.6 Å². The molecule has 0 atom stereocenters. The lowest BCUT2D eigenvalue weighted by Crippen LogP contribution is -2.00. The van der Waals surface area contributed by atoms with Gasteiger partial charge >= 0.3 is 0 Å². The van der Waals surface area contributed by atoms with Crippen LogP contribution in [-0.4, -0.2) is 36.9 Å². The van der Waals surface area contributed by atoms with Crippen molar-refractivity contribution in [3.8, 4) is 23.0 Å². The second-order valence-electron chi connectivity index (χ2n) is 5.41. The van der Waals surface area contributed by atoms with E-state index in [1.807, 2.05) is 0 Å². The van der Waals surface area contributed by atoms with Crippen LogP contribution in [0.15, 0.2) is 41.8 Å². The second kappa shape index (κ2) is 8.62. The van der Waals surface area contributed by atoms with Crippen molar-refractivity contribution < 1.29 is 27.4 Å². The van der Waals surface area contributed by atoms with E-state index in [9.17, 15) is 8.42 Å². The van der Waals surface area contributed by atoms with Gasteiger partial charge in [0.05, 0.1) is 34.2 Å². The van der Waals surface area contributed by atoms with Crippen molar-refractivity contribution in [1.29, 1.82) is 0 Å². The largest absolute Gasteiger partial charge is 0.497 e. The third-order valence-corrected chi connectivity index (χ3v) is 5.00. The van der Waals surface area contributed by atoms with Crippen molar-refractivity contribution in [2.45, 2.75) is 5.75 Å². The number of rotatable bonds is 8. The van der Waals surface area contributed by atoms with Gasteiger partial charge in [-0.1, -0.05) is 12.1 Å². The number of benzene rings is 2. The molecule has 0 heterocycles. The van der Waals surface area contributed by atoms with Crippen molar-refractivity contribution in [2.24, 2.45) is 0 Å². The van der Waals surface area contributed by atoms with Crippen molar-refractivity contribution in [3.63, 3.8) is 0 Å². The number of sulfone groups is 1. The first kappa shape index (κ1) is 19.7. The lowest BCUT2D eigenvalue weighted by molar-refractivity contribution is 0.348. The van der Waals surface area contributed by atoms with Gasteiger partial charge in [-0.25, -0.2) is 8.42 Å². The summed E-state index contributed by atoms with van der Waals surface area (Å²) in [5, 5.41) is 1.17. The van der Waals surface area contributed by atoms with Crippen LogP contribution < -0.4 is 18.9 Å². The fourth-order valence-corrected chi connectivity index (χ4v) is 3.47. The Morgan fingerprint density at radius 2 is 1.38 bits per heavy atom. The van der Waals surface area contributed by atoms with Crippen LogP contribution >= 0.6 is 0 Å². The highest BCUT2D eigenvalue weighted by molar-refractivity contribution is 7.93. The standard InChI is InChI=1S/C19H22O6S/c1-22-16-7-5-14(6-8-16)13-26(20,21)10-9-15-11-18(24-3)19(25-4)12-17(15)23-2/h5-12H,13H2,1-4H3/b10-9+. The maximum atomic E-state index is 12.4. The van der Waals surface area contributed by atoms with Crippen LogP contribution in [0.3, 0.4) is 0 Å². The minimum absolute atomic E-state index is 0.108. The lowest BCUT2D eigenvalue weighted by Gasteiger charge is -2.12. The quantitative estimate of drug-likeness (QED) is 0.702. The summed E-state index contributed by atoms with van der Waals surface area (Å²) in [5.74, 6) is 2.04. The third kappa shape index (κ3) is 4.92. The summed E-state index contributed by atoms with van der Waals surface area (Å²) in [7, 11) is 2.64. The van der Waals surface area contributed by atoms with Gasteiger partial charge in [-0.05, 0) is 29.8 Å². The molecule has 0 aliphatic heterocycles. The minimum atomic E-state index is -3.46. The Bertz CT molecular complexity index is 870. The molecular formula is C19H22O6S. The summed E-state index contributed by atoms with van der Waals surface area (Å²) in [4.78, 5) is 0. The molecule has 2 aromatic rings. The Morgan fingerprint density at radius 1 is 0.808 bits per heavy atom. The van der Waals surface area contributed by atoms with Gasteiger partial charge in [0.25, 0.3) is 0 Å². The van der Waals surface area contributed by atoms with E-state index >= 15 is 0 Å². The zero-order valence-corrected chi connectivity index (χ0v) is 16.0. The molecular weight excluding hydrogens is 356 g/mol. The zero-order chi connectivity index (χ0) is 19.2. The van der Waals surface area contributed by atoms with Gasteiger partial charge in [-0.3, -0.25) is 0 Å². The van der Waals surface area contributed by atoms with Gasteiger partial charge in [0, 0.05) is 17.0 Å². The van der Waals surface area contributed by atoms with E-state index in [0.717, 1.165) is 0 Å². The second-order valence-corrected chi connectivity index (χ2v) is 7.29. The van der Waals surface area contributed by atoms with Gasteiger partial charge in [-0.15, -0.1) is 0 Å². The summed E-state index contributed by atoms with van der Waals surface area (Å²) in [5.41, 5.74) is 1.25. The predicted octanol–water partition coefficient (Wildman–Crippen LogP) is 3.31. The molecule has 0 unspecified atom stereocenters. The van der Waals surface area contributed by atoms with Gasteiger partial charge < -0.3 is 18.9 Å². The van der Waals surface area contributed by atoms with Crippen LogP contribution in [0.5, 0.6) is 23.0 Å². The predicted molar refractivity (Wildman–Crippen MR) is 101 cm³/mol. The normalized spacial score (nSPS) is 11.4. The molecule has 6 nitrogen and oxygen atoms in total. The lowest BCUT2D eigenvalue weighted by atomic mass is 10.1. The van der Waals surface area contributed by atoms with Crippen LogP contribution in [0.2, 0.25) is 0 Å². The summed E-state index contributed by atoms with van der Waals surface area (Å²) in [6.07, 6.45) is 1.49. The molecule has 26 heavy (non-hydrogen) atoms. The van der Waals surface area contributed by atoms with E-state index < -0.39 is 9.84 Å². The van der Waals surface area contributed by atoms with Gasteiger partial charge in [0.1, 0.15) is 11.5 Å². The first-order chi connectivity index (χ1) is 12.4. The third-order valence-electron chi connectivity index (χ3n) is 3.72. The molecule has 7 heteroatoms. The first-order valence-electron chi connectivity index (χ1n) is 7.76. The molecule has 0 amide bonds. The monoisotopic (exact) mass is 378 g/mol. The molecule has 0 aliphatic rings. The van der Waals surface area contributed by atoms with Crippen LogP contribution in [0, 0.1) is 0 Å². The summed E-state index contributed by atoms with van der Waals surface area (Å²) < 4.78 is 45.6. The van der Waals surface area contributed by atoms with E-state index in [1.54, 1.807) is 43.5 Å². The van der Waals surface area contributed by atoms with E-state index in [2.05, 4.69) is 0 Å². The molecule has 140 valence electrons. The summed E-state index contributed by atoms with van der Waals surface area (Å²) in [6.45, 7) is 0. The molecule has 0 N–H and O–H groups in total. The van der Waals surface area contributed by atoms with E-state index in [0.29, 0.717) is 34.1 Å². The number of hydrogen-bond donors (Lipinski definition) is 0. The molecule has 0 saturated carbocycles. The van der Waals surface area contributed by atoms with Crippen molar-refractivity contribution >= 4 is 15.9 Å². The smallest absolute Gasteiger partial charge is 0.175 e. The van der Waals surface area contributed by atoms with Crippen LogP contribution in [0.25, 0.3) is 6.08 Å². The van der Waals surface area contributed by atoms with Gasteiger partial charge in [0.15, 0.2) is 21.3 Å². The Hall–Kier alpha value is -2.67. The molecule has 0 bridgehead atoms. The Morgan fingerprint density at radius 3 is 1.92 bits per heavy atom. The van der Waals surface area contributed by atoms with E-state index in [4.69, 9.17) is 18.9 Å². The van der Waals surface area contributed by atoms with Crippen LogP contribution in [0.1, 0.15) is 11.1 Å². The highest BCUT2D eigenvalue weighted by Crippen LogP contribution is 2.35. The van der Waals surface area contributed by atoms with Crippen LogP contribution in [0.4, 0.5) is 0 Å². The molecule has 0 saturated heterocycles. The summed E-state index contributed by atoms with van der Waals surface area (Å²) >= 11 is 0. The number of methoxy groups -OCH3 is 4. The molecule has 0 aliphatic carbocycles.